The molecule has 1 saturated heterocycles. The van der Waals surface area contributed by atoms with Crippen LogP contribution in [0.2, 0.25) is 0 Å². The molecule has 1 N–H and O–H groups in total. The fourth-order valence-electron chi connectivity index (χ4n) is 4.87. The highest BCUT2D eigenvalue weighted by Crippen LogP contribution is 2.44. The Hall–Kier alpha value is -0.860. The molecule has 2 fully saturated rings. The van der Waals surface area contributed by atoms with E-state index >= 15 is 0 Å². The summed E-state index contributed by atoms with van der Waals surface area (Å²) in [7, 11) is 0. The Labute approximate surface area is 128 Å². The monoisotopic (exact) mass is 284 g/mol. The minimum Gasteiger partial charge on any atom is -0.317 e. The lowest BCUT2D eigenvalue weighted by atomic mass is 9.67. The van der Waals surface area contributed by atoms with Crippen molar-refractivity contribution in [1.29, 1.82) is 0 Å². The Morgan fingerprint density at radius 3 is 2.43 bits per heavy atom. The van der Waals surface area contributed by atoms with E-state index in [-0.39, 0.29) is 0 Å². The molecule has 1 aliphatic carbocycles. The summed E-state index contributed by atoms with van der Waals surface area (Å²) in [5.41, 5.74) is 3.86. The summed E-state index contributed by atoms with van der Waals surface area (Å²) >= 11 is 0. The van der Waals surface area contributed by atoms with Crippen molar-refractivity contribution in [2.75, 3.05) is 19.6 Å². The van der Waals surface area contributed by atoms with E-state index in [0.29, 0.717) is 5.41 Å². The SMILES string of the molecule is c1ccc2c(c1)CCN(C1CCC3(CCNCC3)CC1)C2. The van der Waals surface area contributed by atoms with Crippen LogP contribution in [0.15, 0.2) is 24.3 Å². The molecule has 3 aliphatic rings. The van der Waals surface area contributed by atoms with Crippen molar-refractivity contribution in [2.24, 2.45) is 5.41 Å². The third-order valence-electron chi connectivity index (χ3n) is 6.36. The van der Waals surface area contributed by atoms with Crippen molar-refractivity contribution < 1.29 is 0 Å². The van der Waals surface area contributed by atoms with Gasteiger partial charge in [0.05, 0.1) is 0 Å². The average Bonchev–Trinajstić information content (AvgIpc) is 2.56. The van der Waals surface area contributed by atoms with E-state index in [0.717, 1.165) is 6.04 Å². The van der Waals surface area contributed by atoms with Crippen LogP contribution in [0.1, 0.15) is 49.7 Å². The van der Waals surface area contributed by atoms with Crippen LogP contribution in [0, 0.1) is 5.41 Å². The Kier molecular flexibility index (Phi) is 3.76. The first-order valence-corrected chi connectivity index (χ1v) is 8.86. The van der Waals surface area contributed by atoms with Gasteiger partial charge in [-0.2, -0.15) is 0 Å². The molecule has 0 radical (unpaired) electrons. The molecule has 21 heavy (non-hydrogen) atoms. The number of hydrogen-bond donors (Lipinski definition) is 1. The fraction of sp³-hybridized carbons (Fsp3) is 0.684. The van der Waals surface area contributed by atoms with E-state index in [2.05, 4.69) is 34.5 Å². The number of piperidine rings is 1. The molecule has 0 unspecified atom stereocenters. The Bertz CT molecular complexity index is 480. The van der Waals surface area contributed by atoms with E-state index in [1.165, 1.54) is 71.1 Å². The van der Waals surface area contributed by atoms with Gasteiger partial charge in [0, 0.05) is 19.1 Å². The number of nitrogens with zero attached hydrogens (tertiary/aromatic N) is 1. The number of nitrogens with one attached hydrogen (secondary N) is 1. The molecule has 0 amide bonds. The van der Waals surface area contributed by atoms with Crippen LogP contribution in [0.25, 0.3) is 0 Å². The topological polar surface area (TPSA) is 15.3 Å². The molecule has 1 spiro atoms. The lowest BCUT2D eigenvalue weighted by Crippen LogP contribution is -2.46. The standard InChI is InChI=1S/C19H28N2/c1-2-4-17-15-21(14-7-16(17)3-1)18-5-8-19(9-6-18)10-12-20-13-11-19/h1-4,18,20H,5-15H2. The largest absolute Gasteiger partial charge is 0.317 e. The molecule has 0 atom stereocenters. The molecule has 2 heteroatoms. The summed E-state index contributed by atoms with van der Waals surface area (Å²) in [6.07, 6.45) is 9.90. The summed E-state index contributed by atoms with van der Waals surface area (Å²) in [6.45, 7) is 4.97. The van der Waals surface area contributed by atoms with Crippen LogP contribution in [0.5, 0.6) is 0 Å². The van der Waals surface area contributed by atoms with Crippen LogP contribution >= 0.6 is 0 Å². The minimum atomic E-state index is 0.704. The van der Waals surface area contributed by atoms with Crippen LogP contribution in [-0.4, -0.2) is 30.6 Å². The van der Waals surface area contributed by atoms with E-state index in [9.17, 15) is 0 Å². The van der Waals surface area contributed by atoms with Crippen molar-refractivity contribution in [3.8, 4) is 0 Å². The third kappa shape index (κ3) is 2.76. The predicted molar refractivity (Wildman–Crippen MR) is 87.3 cm³/mol. The molecular weight excluding hydrogens is 256 g/mol. The second kappa shape index (κ2) is 5.73. The van der Waals surface area contributed by atoms with Crippen molar-refractivity contribution >= 4 is 0 Å². The summed E-state index contributed by atoms with van der Waals surface area (Å²) in [5, 5.41) is 3.53. The van der Waals surface area contributed by atoms with Crippen molar-refractivity contribution in [2.45, 2.75) is 57.5 Å². The van der Waals surface area contributed by atoms with Gasteiger partial charge in [-0.25, -0.2) is 0 Å². The zero-order valence-electron chi connectivity index (χ0n) is 13.1. The zero-order chi connectivity index (χ0) is 14.1. The molecule has 0 bridgehead atoms. The predicted octanol–water partition coefficient (Wildman–Crippen LogP) is 3.36. The maximum absolute atomic E-state index is 3.53. The highest BCUT2D eigenvalue weighted by molar-refractivity contribution is 5.29. The molecule has 1 saturated carbocycles. The first-order chi connectivity index (χ1) is 10.3. The molecule has 4 rings (SSSR count). The number of hydrogen-bond acceptors (Lipinski definition) is 2. The zero-order valence-corrected chi connectivity index (χ0v) is 13.1. The Morgan fingerprint density at radius 1 is 0.952 bits per heavy atom. The van der Waals surface area contributed by atoms with Gasteiger partial charge in [-0.1, -0.05) is 24.3 Å². The van der Waals surface area contributed by atoms with Gasteiger partial charge in [-0.15, -0.1) is 0 Å². The lowest BCUT2D eigenvalue weighted by Gasteiger charge is -2.46. The van der Waals surface area contributed by atoms with E-state index < -0.39 is 0 Å². The van der Waals surface area contributed by atoms with Gasteiger partial charge in [0.1, 0.15) is 0 Å². The van der Waals surface area contributed by atoms with Crippen LogP contribution in [0.3, 0.4) is 0 Å². The second-order valence-corrected chi connectivity index (χ2v) is 7.47. The summed E-state index contributed by atoms with van der Waals surface area (Å²) in [6, 6.07) is 9.89. The Morgan fingerprint density at radius 2 is 1.67 bits per heavy atom. The van der Waals surface area contributed by atoms with Gasteiger partial charge in [0.2, 0.25) is 0 Å². The van der Waals surface area contributed by atoms with Crippen molar-refractivity contribution in [1.82, 2.24) is 10.2 Å². The van der Waals surface area contributed by atoms with E-state index in [1.807, 2.05) is 0 Å². The van der Waals surface area contributed by atoms with Gasteiger partial charge in [0.25, 0.3) is 0 Å². The number of fused-ring (bicyclic) bond motifs is 1. The Balaban J connectivity index is 1.39. The average molecular weight is 284 g/mol. The van der Waals surface area contributed by atoms with E-state index in [1.54, 1.807) is 11.1 Å². The summed E-state index contributed by atoms with van der Waals surface area (Å²) in [5.74, 6) is 0. The van der Waals surface area contributed by atoms with Crippen LogP contribution in [0.4, 0.5) is 0 Å². The second-order valence-electron chi connectivity index (χ2n) is 7.47. The van der Waals surface area contributed by atoms with Gasteiger partial charge < -0.3 is 5.32 Å². The first-order valence-electron chi connectivity index (χ1n) is 8.86. The highest BCUT2D eigenvalue weighted by Gasteiger charge is 2.38. The van der Waals surface area contributed by atoms with Gasteiger partial charge in [-0.05, 0) is 74.6 Å². The van der Waals surface area contributed by atoms with Crippen molar-refractivity contribution in [3.63, 3.8) is 0 Å². The normalized spacial score (nSPS) is 26.7. The maximum Gasteiger partial charge on any atom is 0.0239 e. The van der Waals surface area contributed by atoms with Crippen molar-refractivity contribution in [3.05, 3.63) is 35.4 Å². The van der Waals surface area contributed by atoms with Gasteiger partial charge in [0.15, 0.2) is 0 Å². The van der Waals surface area contributed by atoms with Crippen LogP contribution < -0.4 is 5.32 Å². The molecule has 2 heterocycles. The highest BCUT2D eigenvalue weighted by atomic mass is 15.2. The molecular formula is C19H28N2. The molecule has 114 valence electrons. The van der Waals surface area contributed by atoms with E-state index in [4.69, 9.17) is 0 Å². The first kappa shape index (κ1) is 13.8. The minimum absolute atomic E-state index is 0.704. The third-order valence-corrected chi connectivity index (χ3v) is 6.36. The maximum atomic E-state index is 3.53. The number of rotatable bonds is 1. The van der Waals surface area contributed by atoms with Crippen LogP contribution in [-0.2, 0) is 13.0 Å². The smallest absolute Gasteiger partial charge is 0.0239 e. The summed E-state index contributed by atoms with van der Waals surface area (Å²) in [4.78, 5) is 2.77. The molecule has 1 aromatic rings. The molecule has 2 nitrogen and oxygen atoms in total. The molecule has 0 aromatic heterocycles. The number of benzene rings is 1. The lowest BCUT2D eigenvalue weighted by molar-refractivity contribution is 0.0591. The fourth-order valence-corrected chi connectivity index (χ4v) is 4.87. The molecule has 2 aliphatic heterocycles. The summed E-state index contributed by atoms with van der Waals surface area (Å²) < 4.78 is 0. The van der Waals surface area contributed by atoms with Gasteiger partial charge >= 0.3 is 0 Å². The van der Waals surface area contributed by atoms with Gasteiger partial charge in [-0.3, -0.25) is 4.90 Å². The molecule has 1 aromatic carbocycles. The quantitative estimate of drug-likeness (QED) is 0.850.